The van der Waals surface area contributed by atoms with E-state index in [-0.39, 0.29) is 0 Å². The maximum atomic E-state index is 4.52. The predicted octanol–water partition coefficient (Wildman–Crippen LogP) is 2.80. The molecule has 1 aromatic rings. The third-order valence-electron chi connectivity index (χ3n) is 4.13. The molecule has 2 aliphatic rings. The van der Waals surface area contributed by atoms with Crippen LogP contribution in [0.25, 0.3) is 0 Å². The number of aromatic nitrogens is 2. The maximum absolute atomic E-state index is 4.52. The Morgan fingerprint density at radius 1 is 1.25 bits per heavy atom. The minimum atomic E-state index is 0.566. The second-order valence-corrected chi connectivity index (χ2v) is 5.29. The zero-order chi connectivity index (χ0) is 11.0. The van der Waals surface area contributed by atoms with Gasteiger partial charge in [0.1, 0.15) is 5.82 Å². The number of likely N-dealkylation sites (tertiary alicyclic amines) is 1. The van der Waals surface area contributed by atoms with Crippen molar-refractivity contribution in [3.8, 4) is 0 Å². The van der Waals surface area contributed by atoms with Crippen molar-refractivity contribution in [2.24, 2.45) is 0 Å². The van der Waals surface area contributed by atoms with Crippen LogP contribution in [0.15, 0.2) is 6.20 Å². The SMILES string of the molecule is Cc1cnc([C@H]2CCCN2C2CCCC2)[nH]1. The van der Waals surface area contributed by atoms with Crippen molar-refractivity contribution in [1.82, 2.24) is 14.9 Å². The number of H-pyrrole nitrogens is 1. The number of aryl methyl sites for hydroxylation is 1. The van der Waals surface area contributed by atoms with Gasteiger partial charge in [-0.05, 0) is 39.2 Å². The molecule has 16 heavy (non-hydrogen) atoms. The number of nitrogens with zero attached hydrogens (tertiary/aromatic N) is 2. The van der Waals surface area contributed by atoms with E-state index < -0.39 is 0 Å². The minimum absolute atomic E-state index is 0.566. The van der Waals surface area contributed by atoms with Crippen molar-refractivity contribution < 1.29 is 0 Å². The smallest absolute Gasteiger partial charge is 0.123 e. The molecule has 2 heterocycles. The van der Waals surface area contributed by atoms with Crippen LogP contribution in [0.1, 0.15) is 56.1 Å². The molecule has 88 valence electrons. The largest absolute Gasteiger partial charge is 0.345 e. The van der Waals surface area contributed by atoms with E-state index in [2.05, 4.69) is 21.8 Å². The molecule has 3 heteroatoms. The summed E-state index contributed by atoms with van der Waals surface area (Å²) < 4.78 is 0. The Kier molecular flexibility index (Phi) is 2.72. The van der Waals surface area contributed by atoms with Crippen molar-refractivity contribution in [3.63, 3.8) is 0 Å². The van der Waals surface area contributed by atoms with Gasteiger partial charge in [-0.3, -0.25) is 4.90 Å². The Balaban J connectivity index is 1.78. The molecular weight excluding hydrogens is 198 g/mol. The first-order chi connectivity index (χ1) is 7.84. The summed E-state index contributed by atoms with van der Waals surface area (Å²) in [6, 6.07) is 1.40. The summed E-state index contributed by atoms with van der Waals surface area (Å²) in [5.74, 6) is 1.20. The van der Waals surface area contributed by atoms with Gasteiger partial charge in [-0.15, -0.1) is 0 Å². The Morgan fingerprint density at radius 2 is 2.06 bits per heavy atom. The van der Waals surface area contributed by atoms with E-state index in [9.17, 15) is 0 Å². The quantitative estimate of drug-likeness (QED) is 0.829. The van der Waals surface area contributed by atoms with Gasteiger partial charge in [0.25, 0.3) is 0 Å². The molecular formula is C13H21N3. The van der Waals surface area contributed by atoms with Gasteiger partial charge in [0.15, 0.2) is 0 Å². The first-order valence-corrected chi connectivity index (χ1v) is 6.62. The van der Waals surface area contributed by atoms with E-state index in [4.69, 9.17) is 0 Å². The Bertz CT molecular complexity index is 352. The molecule has 0 amide bonds. The highest BCUT2D eigenvalue weighted by Crippen LogP contribution is 2.36. The molecule has 1 aliphatic carbocycles. The Morgan fingerprint density at radius 3 is 2.75 bits per heavy atom. The molecule has 1 atom stereocenters. The summed E-state index contributed by atoms with van der Waals surface area (Å²) in [5, 5.41) is 0. The fraction of sp³-hybridized carbons (Fsp3) is 0.769. The van der Waals surface area contributed by atoms with E-state index in [1.165, 1.54) is 56.6 Å². The lowest BCUT2D eigenvalue weighted by Crippen LogP contribution is -2.33. The lowest BCUT2D eigenvalue weighted by Gasteiger charge is -2.29. The Labute approximate surface area is 97.3 Å². The maximum Gasteiger partial charge on any atom is 0.123 e. The number of imidazole rings is 1. The standard InChI is InChI=1S/C13H21N3/c1-10-9-14-13(15-10)12-7-4-8-16(12)11-5-2-3-6-11/h9,11-12H,2-8H2,1H3,(H,14,15)/t12-/m1/s1. The van der Waals surface area contributed by atoms with Gasteiger partial charge in [-0.2, -0.15) is 0 Å². The lowest BCUT2D eigenvalue weighted by molar-refractivity contribution is 0.177. The third kappa shape index (κ3) is 1.77. The van der Waals surface area contributed by atoms with Crippen LogP contribution in [0.2, 0.25) is 0 Å². The molecule has 2 fully saturated rings. The van der Waals surface area contributed by atoms with Crippen molar-refractivity contribution in [2.75, 3.05) is 6.54 Å². The van der Waals surface area contributed by atoms with Crippen LogP contribution in [0, 0.1) is 6.92 Å². The second kappa shape index (κ2) is 4.21. The van der Waals surface area contributed by atoms with Gasteiger partial charge in [0, 0.05) is 17.9 Å². The van der Waals surface area contributed by atoms with Crippen molar-refractivity contribution >= 4 is 0 Å². The predicted molar refractivity (Wildman–Crippen MR) is 64.3 cm³/mol. The number of hydrogen-bond acceptors (Lipinski definition) is 2. The van der Waals surface area contributed by atoms with Gasteiger partial charge in [0.2, 0.25) is 0 Å². The summed E-state index contributed by atoms with van der Waals surface area (Å²) in [7, 11) is 0. The van der Waals surface area contributed by atoms with Gasteiger partial charge in [-0.25, -0.2) is 4.98 Å². The number of aromatic amines is 1. The molecule has 3 nitrogen and oxygen atoms in total. The van der Waals surface area contributed by atoms with Gasteiger partial charge >= 0.3 is 0 Å². The van der Waals surface area contributed by atoms with E-state index in [1.807, 2.05) is 6.20 Å². The third-order valence-corrected chi connectivity index (χ3v) is 4.13. The molecule has 1 aliphatic heterocycles. The summed E-state index contributed by atoms with van der Waals surface area (Å²) in [6.07, 6.45) is 10.2. The van der Waals surface area contributed by atoms with Crippen LogP contribution in [0.4, 0.5) is 0 Å². The fourth-order valence-electron chi connectivity index (χ4n) is 3.36. The van der Waals surface area contributed by atoms with Crippen LogP contribution in [0.3, 0.4) is 0 Å². The normalized spacial score (nSPS) is 27.9. The van der Waals surface area contributed by atoms with Crippen molar-refractivity contribution in [1.29, 1.82) is 0 Å². The number of hydrogen-bond donors (Lipinski definition) is 1. The van der Waals surface area contributed by atoms with Gasteiger partial charge in [-0.1, -0.05) is 12.8 Å². The average molecular weight is 219 g/mol. The summed E-state index contributed by atoms with van der Waals surface area (Å²) in [6.45, 7) is 3.36. The molecule has 1 N–H and O–H groups in total. The molecule has 1 saturated carbocycles. The average Bonchev–Trinajstić information content (AvgIpc) is 2.96. The van der Waals surface area contributed by atoms with Crippen LogP contribution in [-0.4, -0.2) is 27.5 Å². The molecule has 1 aromatic heterocycles. The van der Waals surface area contributed by atoms with E-state index in [0.29, 0.717) is 6.04 Å². The molecule has 1 saturated heterocycles. The summed E-state index contributed by atoms with van der Waals surface area (Å²) in [4.78, 5) is 10.6. The first kappa shape index (κ1) is 10.3. The molecule has 0 bridgehead atoms. The zero-order valence-electron chi connectivity index (χ0n) is 10.1. The van der Waals surface area contributed by atoms with E-state index in [1.54, 1.807) is 0 Å². The molecule has 0 aromatic carbocycles. The van der Waals surface area contributed by atoms with Crippen LogP contribution in [-0.2, 0) is 0 Å². The van der Waals surface area contributed by atoms with Crippen LogP contribution >= 0.6 is 0 Å². The van der Waals surface area contributed by atoms with E-state index in [0.717, 1.165) is 6.04 Å². The van der Waals surface area contributed by atoms with Crippen LogP contribution in [0.5, 0.6) is 0 Å². The monoisotopic (exact) mass is 219 g/mol. The summed E-state index contributed by atoms with van der Waals surface area (Å²) in [5.41, 5.74) is 1.19. The number of rotatable bonds is 2. The topological polar surface area (TPSA) is 31.9 Å². The lowest BCUT2D eigenvalue weighted by atomic mass is 10.1. The van der Waals surface area contributed by atoms with Gasteiger partial charge < -0.3 is 4.98 Å². The first-order valence-electron chi connectivity index (χ1n) is 6.62. The fourth-order valence-corrected chi connectivity index (χ4v) is 3.36. The second-order valence-electron chi connectivity index (χ2n) is 5.29. The van der Waals surface area contributed by atoms with Crippen LogP contribution < -0.4 is 0 Å². The van der Waals surface area contributed by atoms with Gasteiger partial charge in [0.05, 0.1) is 6.04 Å². The molecule has 0 unspecified atom stereocenters. The van der Waals surface area contributed by atoms with Crippen molar-refractivity contribution in [3.05, 3.63) is 17.7 Å². The molecule has 0 radical (unpaired) electrons. The Hall–Kier alpha value is -0.830. The molecule has 3 rings (SSSR count). The zero-order valence-corrected chi connectivity index (χ0v) is 10.1. The number of nitrogens with one attached hydrogen (secondary N) is 1. The molecule has 0 spiro atoms. The highest BCUT2D eigenvalue weighted by molar-refractivity contribution is 5.06. The van der Waals surface area contributed by atoms with Crippen molar-refractivity contribution in [2.45, 2.75) is 57.5 Å². The minimum Gasteiger partial charge on any atom is -0.345 e. The van der Waals surface area contributed by atoms with E-state index >= 15 is 0 Å². The highest BCUT2D eigenvalue weighted by Gasteiger charge is 2.34. The highest BCUT2D eigenvalue weighted by atomic mass is 15.2. The summed E-state index contributed by atoms with van der Waals surface area (Å²) >= 11 is 0.